The number of nitrogens with two attached hydrogens (primary N) is 1. The molecule has 1 heterocycles. The van der Waals surface area contributed by atoms with Crippen LogP contribution in [0.3, 0.4) is 0 Å². The van der Waals surface area contributed by atoms with Crippen LogP contribution in [-0.2, 0) is 6.61 Å². The van der Waals surface area contributed by atoms with Crippen molar-refractivity contribution < 1.29 is 4.74 Å². The van der Waals surface area contributed by atoms with Gasteiger partial charge in [-0.2, -0.15) is 5.26 Å². The lowest BCUT2D eigenvalue weighted by Gasteiger charge is -2.14. The number of rotatable bonds is 3. The fraction of sp³-hybridized carbons (Fsp3) is 0.294. The molecule has 0 amide bonds. The summed E-state index contributed by atoms with van der Waals surface area (Å²) in [5.41, 5.74) is 12.1. The highest BCUT2D eigenvalue weighted by Crippen LogP contribution is 2.26. The fourth-order valence-electron chi connectivity index (χ4n) is 2.32. The van der Waals surface area contributed by atoms with Crippen LogP contribution in [0.15, 0.2) is 18.3 Å². The fourth-order valence-corrected chi connectivity index (χ4v) is 2.32. The molecule has 0 saturated carbocycles. The Labute approximate surface area is 125 Å². The Morgan fingerprint density at radius 2 is 1.76 bits per heavy atom. The third-order valence-electron chi connectivity index (χ3n) is 3.62. The summed E-state index contributed by atoms with van der Waals surface area (Å²) in [5.74, 6) is 0.800. The largest absolute Gasteiger partial charge is 0.487 e. The SMILES string of the molecule is Cc1cnc(COc2c(C)cc(C#N)cc2C)c(C)c1N. The average molecular weight is 281 g/mol. The number of nitriles is 1. The molecule has 2 N–H and O–H groups in total. The molecule has 1 aromatic carbocycles. The number of anilines is 1. The van der Waals surface area contributed by atoms with E-state index < -0.39 is 0 Å². The van der Waals surface area contributed by atoms with Gasteiger partial charge in [-0.1, -0.05) is 0 Å². The van der Waals surface area contributed by atoms with E-state index in [1.807, 2.05) is 39.8 Å². The van der Waals surface area contributed by atoms with Crippen LogP contribution in [0.5, 0.6) is 5.75 Å². The van der Waals surface area contributed by atoms with Crippen molar-refractivity contribution in [2.45, 2.75) is 34.3 Å². The van der Waals surface area contributed by atoms with Crippen molar-refractivity contribution in [3.63, 3.8) is 0 Å². The van der Waals surface area contributed by atoms with E-state index in [0.717, 1.165) is 39.4 Å². The molecule has 0 saturated heterocycles. The number of ether oxygens (including phenoxy) is 1. The molecule has 2 aromatic rings. The van der Waals surface area contributed by atoms with Gasteiger partial charge in [0.2, 0.25) is 0 Å². The number of pyridine rings is 1. The number of nitrogens with zero attached hydrogens (tertiary/aromatic N) is 2. The van der Waals surface area contributed by atoms with Crippen LogP contribution < -0.4 is 10.5 Å². The van der Waals surface area contributed by atoms with Crippen molar-refractivity contribution in [2.24, 2.45) is 0 Å². The normalized spacial score (nSPS) is 10.2. The van der Waals surface area contributed by atoms with Gasteiger partial charge >= 0.3 is 0 Å². The first kappa shape index (κ1) is 14.9. The highest BCUT2D eigenvalue weighted by Gasteiger charge is 2.10. The van der Waals surface area contributed by atoms with Gasteiger partial charge in [0.25, 0.3) is 0 Å². The van der Waals surface area contributed by atoms with Crippen molar-refractivity contribution in [3.8, 4) is 11.8 Å². The Balaban J connectivity index is 2.25. The molecule has 0 fully saturated rings. The molecule has 0 aliphatic heterocycles. The van der Waals surface area contributed by atoms with Crippen molar-refractivity contribution in [2.75, 3.05) is 5.73 Å². The molecule has 108 valence electrons. The second-order valence-corrected chi connectivity index (χ2v) is 5.27. The number of hydrogen-bond donors (Lipinski definition) is 1. The number of hydrogen-bond acceptors (Lipinski definition) is 4. The third-order valence-corrected chi connectivity index (χ3v) is 3.62. The summed E-state index contributed by atoms with van der Waals surface area (Å²) in [5, 5.41) is 8.96. The molecule has 2 rings (SSSR count). The van der Waals surface area contributed by atoms with Gasteiger partial charge in [0.15, 0.2) is 0 Å². The number of benzene rings is 1. The number of aryl methyl sites for hydroxylation is 3. The minimum absolute atomic E-state index is 0.365. The first-order valence-electron chi connectivity index (χ1n) is 6.78. The zero-order chi connectivity index (χ0) is 15.6. The summed E-state index contributed by atoms with van der Waals surface area (Å²) in [7, 11) is 0. The van der Waals surface area contributed by atoms with Gasteiger partial charge in [-0.3, -0.25) is 4.98 Å². The lowest BCUT2D eigenvalue weighted by molar-refractivity contribution is 0.296. The van der Waals surface area contributed by atoms with Gasteiger partial charge in [0, 0.05) is 11.9 Å². The minimum atomic E-state index is 0.365. The quantitative estimate of drug-likeness (QED) is 0.936. The van der Waals surface area contributed by atoms with Gasteiger partial charge in [0.05, 0.1) is 17.3 Å². The smallest absolute Gasteiger partial charge is 0.131 e. The van der Waals surface area contributed by atoms with Crippen LogP contribution in [0, 0.1) is 39.0 Å². The number of nitrogen functional groups attached to an aromatic ring is 1. The van der Waals surface area contributed by atoms with E-state index in [2.05, 4.69) is 11.1 Å². The predicted octanol–water partition coefficient (Wildman–Crippen LogP) is 3.35. The molecule has 4 nitrogen and oxygen atoms in total. The van der Waals surface area contributed by atoms with Crippen LogP contribution in [0.4, 0.5) is 5.69 Å². The van der Waals surface area contributed by atoms with Crippen LogP contribution >= 0.6 is 0 Å². The standard InChI is InChI=1S/C17H19N3O/c1-10-5-14(7-18)6-11(2)17(10)21-9-15-13(4)16(19)12(3)8-20-15/h5-6,8H,9H2,1-4H3,(H2,19,20). The Hall–Kier alpha value is -2.54. The minimum Gasteiger partial charge on any atom is -0.487 e. The molecule has 0 spiro atoms. The Morgan fingerprint density at radius 3 is 2.33 bits per heavy atom. The lowest BCUT2D eigenvalue weighted by Crippen LogP contribution is -2.06. The second kappa shape index (κ2) is 5.84. The Bertz CT molecular complexity index is 707. The highest BCUT2D eigenvalue weighted by atomic mass is 16.5. The van der Waals surface area contributed by atoms with E-state index in [-0.39, 0.29) is 0 Å². The van der Waals surface area contributed by atoms with Crippen LogP contribution in [0.1, 0.15) is 33.5 Å². The topological polar surface area (TPSA) is 71.9 Å². The molecule has 0 radical (unpaired) electrons. The van der Waals surface area contributed by atoms with E-state index in [1.165, 1.54) is 0 Å². The summed E-state index contributed by atoms with van der Waals surface area (Å²) in [6.45, 7) is 8.13. The van der Waals surface area contributed by atoms with Crippen molar-refractivity contribution >= 4 is 5.69 Å². The lowest BCUT2D eigenvalue weighted by atomic mass is 10.1. The van der Waals surface area contributed by atoms with Gasteiger partial charge in [-0.25, -0.2) is 0 Å². The first-order valence-corrected chi connectivity index (χ1v) is 6.78. The second-order valence-electron chi connectivity index (χ2n) is 5.27. The highest BCUT2D eigenvalue weighted by molar-refractivity contribution is 5.53. The summed E-state index contributed by atoms with van der Waals surface area (Å²) in [6, 6.07) is 5.80. The maximum Gasteiger partial charge on any atom is 0.131 e. The van der Waals surface area contributed by atoms with E-state index >= 15 is 0 Å². The van der Waals surface area contributed by atoms with Gasteiger partial charge in [-0.15, -0.1) is 0 Å². The third kappa shape index (κ3) is 2.97. The van der Waals surface area contributed by atoms with E-state index in [1.54, 1.807) is 6.20 Å². The van der Waals surface area contributed by atoms with E-state index in [4.69, 9.17) is 15.7 Å². The van der Waals surface area contributed by atoms with Crippen molar-refractivity contribution in [1.29, 1.82) is 5.26 Å². The molecule has 0 atom stereocenters. The van der Waals surface area contributed by atoms with E-state index in [9.17, 15) is 0 Å². The molecular formula is C17H19N3O. The molecule has 0 bridgehead atoms. The number of aromatic nitrogens is 1. The molecule has 4 heteroatoms. The van der Waals surface area contributed by atoms with Gasteiger partial charge in [-0.05, 0) is 62.1 Å². The first-order chi connectivity index (χ1) is 9.93. The predicted molar refractivity (Wildman–Crippen MR) is 83.1 cm³/mol. The Morgan fingerprint density at radius 1 is 1.14 bits per heavy atom. The molecule has 0 aliphatic carbocycles. The van der Waals surface area contributed by atoms with Crippen LogP contribution in [0.25, 0.3) is 0 Å². The maximum atomic E-state index is 8.96. The van der Waals surface area contributed by atoms with E-state index in [0.29, 0.717) is 12.2 Å². The van der Waals surface area contributed by atoms with Crippen LogP contribution in [-0.4, -0.2) is 4.98 Å². The summed E-state index contributed by atoms with van der Waals surface area (Å²) < 4.78 is 5.90. The monoisotopic (exact) mass is 281 g/mol. The van der Waals surface area contributed by atoms with Crippen molar-refractivity contribution in [1.82, 2.24) is 4.98 Å². The van der Waals surface area contributed by atoms with Crippen molar-refractivity contribution in [3.05, 3.63) is 51.8 Å². The summed E-state index contributed by atoms with van der Waals surface area (Å²) in [4.78, 5) is 4.39. The Kier molecular flexibility index (Phi) is 4.13. The zero-order valence-corrected chi connectivity index (χ0v) is 12.8. The molecule has 21 heavy (non-hydrogen) atoms. The molecule has 0 aliphatic rings. The van der Waals surface area contributed by atoms with Gasteiger partial charge < -0.3 is 10.5 Å². The summed E-state index contributed by atoms with van der Waals surface area (Å²) >= 11 is 0. The van der Waals surface area contributed by atoms with Crippen LogP contribution in [0.2, 0.25) is 0 Å². The molecular weight excluding hydrogens is 262 g/mol. The van der Waals surface area contributed by atoms with Gasteiger partial charge in [0.1, 0.15) is 12.4 Å². The molecule has 0 unspecified atom stereocenters. The maximum absolute atomic E-state index is 8.96. The average Bonchev–Trinajstić information content (AvgIpc) is 2.45. The molecule has 1 aromatic heterocycles. The zero-order valence-electron chi connectivity index (χ0n) is 12.8. The summed E-state index contributed by atoms with van der Waals surface area (Å²) in [6.07, 6.45) is 1.76.